The zero-order chi connectivity index (χ0) is 11.2. The second kappa shape index (κ2) is 3.17. The monoisotopic (exact) mass is 233 g/mol. The van der Waals surface area contributed by atoms with Gasteiger partial charge in [0.1, 0.15) is 5.69 Å². The first-order valence-corrected chi connectivity index (χ1v) is 4.62. The van der Waals surface area contributed by atoms with Crippen molar-refractivity contribution in [1.29, 1.82) is 0 Å². The van der Waals surface area contributed by atoms with Gasteiger partial charge < -0.3 is 4.98 Å². The van der Waals surface area contributed by atoms with E-state index in [0.29, 0.717) is 15.9 Å². The molecular weight excluding hydrogens is 227 g/mol. The summed E-state index contributed by atoms with van der Waals surface area (Å²) in [4.78, 5) is 2.34. The van der Waals surface area contributed by atoms with Gasteiger partial charge in [0.2, 0.25) is 0 Å². The molecule has 0 atom stereocenters. The predicted octanol–water partition coefficient (Wildman–Crippen LogP) is 4.15. The Hall–Kier alpha value is -1.16. The number of alkyl halides is 3. The van der Waals surface area contributed by atoms with Crippen molar-refractivity contribution in [2.24, 2.45) is 0 Å². The Morgan fingerprint density at radius 2 is 1.93 bits per heavy atom. The molecule has 0 aliphatic rings. The molecule has 0 saturated carbocycles. The molecule has 2 rings (SSSR count). The van der Waals surface area contributed by atoms with Gasteiger partial charge >= 0.3 is 6.18 Å². The molecule has 1 aromatic carbocycles. The summed E-state index contributed by atoms with van der Waals surface area (Å²) >= 11 is 5.69. The second-order valence-electron chi connectivity index (χ2n) is 3.31. The van der Waals surface area contributed by atoms with E-state index < -0.39 is 11.9 Å². The van der Waals surface area contributed by atoms with Gasteiger partial charge in [0.25, 0.3) is 0 Å². The molecule has 2 aromatic rings. The molecule has 0 aliphatic heterocycles. The summed E-state index contributed by atoms with van der Waals surface area (Å²) in [5.41, 5.74) is -0.0961. The molecule has 15 heavy (non-hydrogen) atoms. The molecule has 1 nitrogen and oxygen atoms in total. The maximum atomic E-state index is 12.5. The van der Waals surface area contributed by atoms with Gasteiger partial charge in [0.05, 0.1) is 0 Å². The Kier molecular flexibility index (Phi) is 2.19. The van der Waals surface area contributed by atoms with Gasteiger partial charge in [-0.2, -0.15) is 13.2 Å². The van der Waals surface area contributed by atoms with Crippen molar-refractivity contribution in [3.05, 3.63) is 34.5 Å². The molecule has 0 unspecified atom stereocenters. The van der Waals surface area contributed by atoms with E-state index in [1.807, 2.05) is 0 Å². The number of fused-ring (bicyclic) bond motifs is 1. The normalized spacial score (nSPS) is 12.3. The van der Waals surface area contributed by atoms with Crippen LogP contribution in [0.1, 0.15) is 11.3 Å². The lowest BCUT2D eigenvalue weighted by atomic mass is 10.1. The zero-order valence-corrected chi connectivity index (χ0v) is 8.50. The largest absolute Gasteiger partial charge is 0.431 e. The Morgan fingerprint density at radius 3 is 2.53 bits per heavy atom. The highest BCUT2D eigenvalue weighted by molar-refractivity contribution is 6.31. The average Bonchev–Trinajstić information content (AvgIpc) is 2.42. The topological polar surface area (TPSA) is 15.8 Å². The fraction of sp³-hybridized carbons (Fsp3) is 0.200. The number of hydrogen-bond donors (Lipinski definition) is 1. The van der Waals surface area contributed by atoms with Crippen LogP contribution in [0, 0.1) is 6.92 Å². The summed E-state index contributed by atoms with van der Waals surface area (Å²) < 4.78 is 37.6. The minimum absolute atomic E-state index is 0.203. The average molecular weight is 234 g/mol. The standard InChI is InChI=1S/C10H7ClF3N/c1-5-7-3-2-6(11)4-8(7)15-9(5)10(12,13)14/h2-4,15H,1H3. The second-order valence-corrected chi connectivity index (χ2v) is 3.75. The summed E-state index contributed by atoms with van der Waals surface area (Å²) in [7, 11) is 0. The minimum atomic E-state index is -4.35. The molecule has 80 valence electrons. The summed E-state index contributed by atoms with van der Waals surface area (Å²) in [5.74, 6) is 0. The Labute approximate surface area is 88.9 Å². The van der Waals surface area contributed by atoms with Gasteiger partial charge in [0.15, 0.2) is 0 Å². The summed E-state index contributed by atoms with van der Waals surface area (Å²) in [6.45, 7) is 1.44. The number of benzene rings is 1. The zero-order valence-electron chi connectivity index (χ0n) is 7.74. The SMILES string of the molecule is Cc1c(C(F)(F)F)[nH]c2cc(Cl)ccc12. The van der Waals surface area contributed by atoms with E-state index in [-0.39, 0.29) is 5.56 Å². The lowest BCUT2D eigenvalue weighted by Crippen LogP contribution is -2.06. The van der Waals surface area contributed by atoms with Crippen LogP contribution in [0.2, 0.25) is 5.02 Å². The van der Waals surface area contributed by atoms with Gasteiger partial charge in [0, 0.05) is 15.9 Å². The Morgan fingerprint density at radius 1 is 1.27 bits per heavy atom. The van der Waals surface area contributed by atoms with Crippen molar-refractivity contribution in [2.75, 3.05) is 0 Å². The van der Waals surface area contributed by atoms with Crippen molar-refractivity contribution < 1.29 is 13.2 Å². The molecular formula is C10H7ClF3N. The van der Waals surface area contributed by atoms with Crippen LogP contribution >= 0.6 is 11.6 Å². The number of nitrogens with one attached hydrogen (secondary N) is 1. The van der Waals surface area contributed by atoms with Crippen LogP contribution in [0.25, 0.3) is 10.9 Å². The van der Waals surface area contributed by atoms with Crippen LogP contribution in [-0.2, 0) is 6.18 Å². The molecule has 0 aliphatic carbocycles. The molecule has 5 heteroatoms. The summed E-state index contributed by atoms with van der Waals surface area (Å²) in [5, 5.41) is 0.962. The van der Waals surface area contributed by atoms with Crippen LogP contribution < -0.4 is 0 Å². The third-order valence-electron chi connectivity index (χ3n) is 2.30. The number of halogens is 4. The molecule has 0 radical (unpaired) electrons. The Balaban J connectivity index is 2.75. The van der Waals surface area contributed by atoms with Gasteiger partial charge in [-0.15, -0.1) is 0 Å². The molecule has 0 amide bonds. The molecule has 1 aromatic heterocycles. The first-order valence-electron chi connectivity index (χ1n) is 4.24. The van der Waals surface area contributed by atoms with Crippen molar-refractivity contribution in [2.45, 2.75) is 13.1 Å². The third kappa shape index (κ3) is 1.69. The number of aromatic nitrogens is 1. The number of aryl methyl sites for hydroxylation is 1. The van der Waals surface area contributed by atoms with Gasteiger partial charge in [-0.1, -0.05) is 17.7 Å². The van der Waals surface area contributed by atoms with Crippen molar-refractivity contribution in [3.63, 3.8) is 0 Å². The maximum absolute atomic E-state index is 12.5. The van der Waals surface area contributed by atoms with E-state index in [1.165, 1.54) is 13.0 Å². The molecule has 0 fully saturated rings. The lowest BCUT2D eigenvalue weighted by Gasteiger charge is -2.04. The van der Waals surface area contributed by atoms with Crippen molar-refractivity contribution >= 4 is 22.5 Å². The quantitative estimate of drug-likeness (QED) is 0.704. The van der Waals surface area contributed by atoms with E-state index in [2.05, 4.69) is 4.98 Å². The van der Waals surface area contributed by atoms with E-state index in [4.69, 9.17) is 11.6 Å². The van der Waals surface area contributed by atoms with Gasteiger partial charge in [-0.3, -0.25) is 0 Å². The highest BCUT2D eigenvalue weighted by Crippen LogP contribution is 2.35. The lowest BCUT2D eigenvalue weighted by molar-refractivity contribution is -0.141. The van der Waals surface area contributed by atoms with Crippen LogP contribution in [-0.4, -0.2) is 4.98 Å². The van der Waals surface area contributed by atoms with Crippen molar-refractivity contribution in [3.8, 4) is 0 Å². The van der Waals surface area contributed by atoms with Crippen LogP contribution in [0.5, 0.6) is 0 Å². The van der Waals surface area contributed by atoms with Crippen LogP contribution in [0.4, 0.5) is 13.2 Å². The number of H-pyrrole nitrogens is 1. The van der Waals surface area contributed by atoms with E-state index in [9.17, 15) is 13.2 Å². The first kappa shape index (κ1) is 10.4. The van der Waals surface area contributed by atoms with E-state index in [0.717, 1.165) is 0 Å². The smallest absolute Gasteiger partial charge is 0.351 e. The summed E-state index contributed by atoms with van der Waals surface area (Å²) in [6.07, 6.45) is -4.35. The number of rotatable bonds is 0. The molecule has 1 N–H and O–H groups in total. The Bertz CT molecular complexity index is 513. The minimum Gasteiger partial charge on any atom is -0.351 e. The fourth-order valence-corrected chi connectivity index (χ4v) is 1.77. The highest BCUT2D eigenvalue weighted by Gasteiger charge is 2.34. The molecule has 0 spiro atoms. The number of aromatic amines is 1. The van der Waals surface area contributed by atoms with Gasteiger partial charge in [-0.25, -0.2) is 0 Å². The van der Waals surface area contributed by atoms with Gasteiger partial charge in [-0.05, 0) is 24.6 Å². The molecule has 0 bridgehead atoms. The van der Waals surface area contributed by atoms with Crippen molar-refractivity contribution in [1.82, 2.24) is 4.98 Å². The number of hydrogen-bond acceptors (Lipinski definition) is 0. The van der Waals surface area contributed by atoms with E-state index in [1.54, 1.807) is 12.1 Å². The molecule has 1 heterocycles. The van der Waals surface area contributed by atoms with Crippen LogP contribution in [0.3, 0.4) is 0 Å². The fourth-order valence-electron chi connectivity index (χ4n) is 1.59. The highest BCUT2D eigenvalue weighted by atomic mass is 35.5. The first-order chi connectivity index (χ1) is 6.89. The third-order valence-corrected chi connectivity index (χ3v) is 2.54. The summed E-state index contributed by atoms with van der Waals surface area (Å²) in [6, 6.07) is 4.64. The molecule has 0 saturated heterocycles. The van der Waals surface area contributed by atoms with Crippen LogP contribution in [0.15, 0.2) is 18.2 Å². The predicted molar refractivity (Wildman–Crippen MR) is 53.0 cm³/mol. The van der Waals surface area contributed by atoms with E-state index >= 15 is 0 Å². The maximum Gasteiger partial charge on any atom is 0.431 e.